The molecule has 1 aromatic rings. The first-order chi connectivity index (χ1) is 9.46. The third-order valence-corrected chi connectivity index (χ3v) is 2.10. The van der Waals surface area contributed by atoms with Gasteiger partial charge in [0, 0.05) is 6.54 Å². The Morgan fingerprint density at radius 1 is 1.20 bits per heavy atom. The Labute approximate surface area is 115 Å². The fourth-order valence-corrected chi connectivity index (χ4v) is 1.39. The summed E-state index contributed by atoms with van der Waals surface area (Å²) in [6.07, 6.45) is 0. The Hall–Kier alpha value is -2.65. The maximum absolute atomic E-state index is 11.0. The number of ether oxygens (including phenoxy) is 1. The molecule has 0 aliphatic heterocycles. The molecule has 0 fully saturated rings. The van der Waals surface area contributed by atoms with Crippen LogP contribution < -0.4 is 26.4 Å². The van der Waals surface area contributed by atoms with Crippen molar-refractivity contribution in [1.82, 2.24) is 15.0 Å². The average molecular weight is 283 g/mol. The number of methoxy groups -OCH3 is 1. The predicted molar refractivity (Wildman–Crippen MR) is 71.1 cm³/mol. The largest absolute Gasteiger partial charge is 0.467 e. The van der Waals surface area contributed by atoms with Crippen LogP contribution in [0, 0.1) is 0 Å². The van der Waals surface area contributed by atoms with Crippen LogP contribution >= 0.6 is 0 Å². The summed E-state index contributed by atoms with van der Waals surface area (Å²) < 4.78 is 4.94. The third-order valence-electron chi connectivity index (χ3n) is 2.10. The lowest BCUT2D eigenvalue weighted by atomic mass is 10.4. The standard InChI is InChI=1S/C10H17N7O3/c1-3-13-8-14-9(16-10(15-8)20-2)17(4-6(11)18)5-7(12)19/h3-5H2,1-2H3,(H2,11,18)(H2,12,19)(H,13,14,15,16). The number of carbonyl (C=O) groups excluding carboxylic acids is 2. The molecule has 10 nitrogen and oxygen atoms in total. The summed E-state index contributed by atoms with van der Waals surface area (Å²) in [7, 11) is 1.39. The van der Waals surface area contributed by atoms with E-state index in [0.717, 1.165) is 0 Å². The van der Waals surface area contributed by atoms with Gasteiger partial charge in [0.1, 0.15) is 13.1 Å². The number of hydrogen-bond acceptors (Lipinski definition) is 8. The van der Waals surface area contributed by atoms with Gasteiger partial charge in [-0.15, -0.1) is 0 Å². The van der Waals surface area contributed by atoms with E-state index in [9.17, 15) is 9.59 Å². The van der Waals surface area contributed by atoms with Crippen molar-refractivity contribution in [3.05, 3.63) is 0 Å². The quantitative estimate of drug-likeness (QED) is 0.500. The van der Waals surface area contributed by atoms with E-state index in [-0.39, 0.29) is 31.0 Å². The van der Waals surface area contributed by atoms with E-state index in [2.05, 4.69) is 20.3 Å². The highest BCUT2D eigenvalue weighted by atomic mass is 16.5. The number of carbonyl (C=O) groups is 2. The van der Waals surface area contributed by atoms with E-state index >= 15 is 0 Å². The second-order valence-corrected chi connectivity index (χ2v) is 3.76. The lowest BCUT2D eigenvalue weighted by Crippen LogP contribution is -2.40. The number of hydrogen-bond donors (Lipinski definition) is 3. The molecule has 10 heteroatoms. The molecule has 0 radical (unpaired) electrons. The first-order valence-electron chi connectivity index (χ1n) is 5.81. The van der Waals surface area contributed by atoms with Crippen LogP contribution in [0.1, 0.15) is 6.92 Å². The predicted octanol–water partition coefficient (Wildman–Crippen LogP) is -1.91. The van der Waals surface area contributed by atoms with E-state index in [1.54, 1.807) is 0 Å². The summed E-state index contributed by atoms with van der Waals surface area (Å²) >= 11 is 0. The molecule has 2 amide bonds. The summed E-state index contributed by atoms with van der Waals surface area (Å²) in [5.41, 5.74) is 10.2. The zero-order valence-electron chi connectivity index (χ0n) is 11.3. The molecule has 0 unspecified atom stereocenters. The van der Waals surface area contributed by atoms with Gasteiger partial charge >= 0.3 is 6.01 Å². The SMILES string of the molecule is CCNc1nc(OC)nc(N(CC(N)=O)CC(N)=O)n1. The third kappa shape index (κ3) is 4.55. The number of anilines is 2. The lowest BCUT2D eigenvalue weighted by Gasteiger charge is -2.19. The van der Waals surface area contributed by atoms with Crippen LogP contribution in [-0.4, -0.2) is 53.5 Å². The van der Waals surface area contributed by atoms with Gasteiger partial charge in [-0.2, -0.15) is 15.0 Å². The fraction of sp³-hybridized carbons (Fsp3) is 0.500. The molecule has 0 aliphatic rings. The minimum atomic E-state index is -0.643. The molecule has 0 aliphatic carbocycles. The fourth-order valence-electron chi connectivity index (χ4n) is 1.39. The molecular weight excluding hydrogens is 266 g/mol. The van der Waals surface area contributed by atoms with Crippen LogP contribution in [0.4, 0.5) is 11.9 Å². The van der Waals surface area contributed by atoms with Gasteiger partial charge in [-0.05, 0) is 6.92 Å². The van der Waals surface area contributed by atoms with E-state index in [0.29, 0.717) is 6.54 Å². The summed E-state index contributed by atoms with van der Waals surface area (Å²) in [5.74, 6) is -0.954. The van der Waals surface area contributed by atoms with Crippen molar-refractivity contribution in [1.29, 1.82) is 0 Å². The van der Waals surface area contributed by atoms with Crippen molar-refractivity contribution in [3.63, 3.8) is 0 Å². The van der Waals surface area contributed by atoms with Crippen LogP contribution in [0.3, 0.4) is 0 Å². The molecule has 0 spiro atoms. The van der Waals surface area contributed by atoms with Crippen molar-refractivity contribution in [2.24, 2.45) is 11.5 Å². The van der Waals surface area contributed by atoms with Crippen LogP contribution in [0.15, 0.2) is 0 Å². The van der Waals surface area contributed by atoms with Crippen molar-refractivity contribution in [3.8, 4) is 6.01 Å². The van der Waals surface area contributed by atoms with Gasteiger partial charge in [0.15, 0.2) is 0 Å². The molecule has 0 saturated carbocycles. The van der Waals surface area contributed by atoms with Crippen LogP contribution in [0.5, 0.6) is 6.01 Å². The molecule has 0 aromatic carbocycles. The topological polar surface area (TPSA) is 149 Å². The van der Waals surface area contributed by atoms with Gasteiger partial charge in [-0.25, -0.2) is 0 Å². The number of nitrogens with two attached hydrogens (primary N) is 2. The lowest BCUT2D eigenvalue weighted by molar-refractivity contribution is -0.117. The number of nitrogens with zero attached hydrogens (tertiary/aromatic N) is 4. The molecule has 0 saturated heterocycles. The van der Waals surface area contributed by atoms with E-state index in [4.69, 9.17) is 16.2 Å². The van der Waals surface area contributed by atoms with Crippen LogP contribution in [0.25, 0.3) is 0 Å². The molecule has 20 heavy (non-hydrogen) atoms. The van der Waals surface area contributed by atoms with Crippen LogP contribution in [-0.2, 0) is 9.59 Å². The molecule has 1 rings (SSSR count). The van der Waals surface area contributed by atoms with Gasteiger partial charge in [0.2, 0.25) is 23.7 Å². The second-order valence-electron chi connectivity index (χ2n) is 3.76. The number of rotatable bonds is 8. The Kier molecular flexibility index (Phi) is 5.44. The number of primary amides is 2. The number of amides is 2. The molecule has 5 N–H and O–H groups in total. The Bertz CT molecular complexity index is 478. The van der Waals surface area contributed by atoms with E-state index in [1.165, 1.54) is 12.0 Å². The smallest absolute Gasteiger partial charge is 0.322 e. The highest BCUT2D eigenvalue weighted by Gasteiger charge is 2.17. The number of aromatic nitrogens is 3. The zero-order valence-corrected chi connectivity index (χ0v) is 11.3. The summed E-state index contributed by atoms with van der Waals surface area (Å²) in [4.78, 5) is 35.3. The van der Waals surface area contributed by atoms with Crippen molar-refractivity contribution in [2.75, 3.05) is 37.0 Å². The Balaban J connectivity index is 3.12. The minimum absolute atomic E-state index is 0.0462. The van der Waals surface area contributed by atoms with E-state index < -0.39 is 11.8 Å². The van der Waals surface area contributed by atoms with Gasteiger partial charge in [-0.3, -0.25) is 9.59 Å². The van der Waals surface area contributed by atoms with Gasteiger partial charge < -0.3 is 26.4 Å². The molecule has 110 valence electrons. The molecular formula is C10H17N7O3. The van der Waals surface area contributed by atoms with Crippen molar-refractivity contribution in [2.45, 2.75) is 6.92 Å². The van der Waals surface area contributed by atoms with Gasteiger partial charge in [0.25, 0.3) is 0 Å². The van der Waals surface area contributed by atoms with Crippen molar-refractivity contribution < 1.29 is 14.3 Å². The molecule has 1 heterocycles. The average Bonchev–Trinajstić information content (AvgIpc) is 2.37. The van der Waals surface area contributed by atoms with Gasteiger partial charge in [0.05, 0.1) is 7.11 Å². The molecule has 0 atom stereocenters. The monoisotopic (exact) mass is 283 g/mol. The summed E-state index contributed by atoms with van der Waals surface area (Å²) in [5, 5.41) is 2.88. The number of nitrogens with one attached hydrogen (secondary N) is 1. The highest BCUT2D eigenvalue weighted by Crippen LogP contribution is 2.14. The Morgan fingerprint density at radius 2 is 1.80 bits per heavy atom. The normalized spacial score (nSPS) is 9.90. The maximum atomic E-state index is 11.0. The van der Waals surface area contributed by atoms with E-state index in [1.807, 2.05) is 6.92 Å². The second kappa shape index (κ2) is 7.07. The summed E-state index contributed by atoms with van der Waals surface area (Å²) in [6.45, 7) is 1.95. The van der Waals surface area contributed by atoms with Gasteiger partial charge in [-0.1, -0.05) is 0 Å². The maximum Gasteiger partial charge on any atom is 0.322 e. The molecule has 1 aromatic heterocycles. The van der Waals surface area contributed by atoms with Crippen molar-refractivity contribution >= 4 is 23.7 Å². The summed E-state index contributed by atoms with van der Waals surface area (Å²) in [6, 6.07) is 0.0462. The first-order valence-corrected chi connectivity index (χ1v) is 5.81. The zero-order chi connectivity index (χ0) is 15.1. The Morgan fingerprint density at radius 3 is 2.25 bits per heavy atom. The van der Waals surface area contributed by atoms with Crippen LogP contribution in [0.2, 0.25) is 0 Å². The first kappa shape index (κ1) is 15.4. The highest BCUT2D eigenvalue weighted by molar-refractivity contribution is 5.84. The minimum Gasteiger partial charge on any atom is -0.467 e. The molecule has 0 bridgehead atoms.